The van der Waals surface area contributed by atoms with Crippen LogP contribution in [0, 0.1) is 13.8 Å². The second-order valence-corrected chi connectivity index (χ2v) is 6.94. The quantitative estimate of drug-likeness (QED) is 0.811. The molecule has 1 atom stereocenters. The zero-order chi connectivity index (χ0) is 19.4. The van der Waals surface area contributed by atoms with Gasteiger partial charge in [0, 0.05) is 26.2 Å². The normalized spacial score (nSPS) is 15.4. The first-order chi connectivity index (χ1) is 13.0. The Labute approximate surface area is 161 Å². The summed E-state index contributed by atoms with van der Waals surface area (Å²) in [5, 5.41) is 0. The molecule has 5 nitrogen and oxygen atoms in total. The second-order valence-electron chi connectivity index (χ2n) is 6.94. The van der Waals surface area contributed by atoms with Crippen LogP contribution in [0.3, 0.4) is 0 Å². The van der Waals surface area contributed by atoms with Crippen molar-refractivity contribution in [2.45, 2.75) is 26.9 Å². The zero-order valence-electron chi connectivity index (χ0n) is 16.6. The van der Waals surface area contributed by atoms with Crippen LogP contribution in [0.1, 0.15) is 18.1 Å². The number of ether oxygens (including phenoxy) is 2. The molecule has 1 amide bonds. The fourth-order valence-electron chi connectivity index (χ4n) is 3.41. The number of nitrogens with zero attached hydrogens (tertiary/aromatic N) is 2. The minimum Gasteiger partial charge on any atom is -0.495 e. The minimum atomic E-state index is -0.497. The maximum Gasteiger partial charge on any atom is 0.263 e. The molecule has 1 fully saturated rings. The van der Waals surface area contributed by atoms with E-state index in [0.717, 1.165) is 41.4 Å². The van der Waals surface area contributed by atoms with E-state index in [4.69, 9.17) is 9.47 Å². The van der Waals surface area contributed by atoms with Gasteiger partial charge in [-0.2, -0.15) is 0 Å². The first-order valence-electron chi connectivity index (χ1n) is 9.41. The highest BCUT2D eigenvalue weighted by Crippen LogP contribution is 2.28. The molecule has 3 rings (SSSR count). The Hall–Kier alpha value is -2.69. The average Bonchev–Trinajstić information content (AvgIpc) is 2.71. The van der Waals surface area contributed by atoms with E-state index in [1.54, 1.807) is 7.11 Å². The Balaban J connectivity index is 1.60. The molecule has 27 heavy (non-hydrogen) atoms. The number of hydrogen-bond donors (Lipinski definition) is 0. The molecule has 2 aromatic rings. The number of amides is 1. The maximum atomic E-state index is 12.8. The Morgan fingerprint density at radius 2 is 1.63 bits per heavy atom. The van der Waals surface area contributed by atoms with Crippen LogP contribution in [-0.4, -0.2) is 50.2 Å². The van der Waals surface area contributed by atoms with Gasteiger partial charge in [-0.3, -0.25) is 4.79 Å². The van der Waals surface area contributed by atoms with E-state index in [1.807, 2.05) is 62.1 Å². The van der Waals surface area contributed by atoms with Gasteiger partial charge in [0.05, 0.1) is 12.8 Å². The summed E-state index contributed by atoms with van der Waals surface area (Å²) in [6, 6.07) is 13.9. The van der Waals surface area contributed by atoms with Crippen LogP contribution in [-0.2, 0) is 4.79 Å². The molecular formula is C22H28N2O3. The second kappa shape index (κ2) is 8.33. The van der Waals surface area contributed by atoms with Crippen molar-refractivity contribution in [3.05, 3.63) is 53.6 Å². The lowest BCUT2D eigenvalue weighted by Gasteiger charge is -2.37. The summed E-state index contributed by atoms with van der Waals surface area (Å²) in [5.41, 5.74) is 3.32. The molecule has 0 unspecified atom stereocenters. The van der Waals surface area contributed by atoms with Crippen LogP contribution in [0.2, 0.25) is 0 Å². The Kier molecular flexibility index (Phi) is 5.89. The monoisotopic (exact) mass is 368 g/mol. The SMILES string of the molecule is COc1ccccc1N1CCN(C(=O)[C@@H](C)Oc2cccc(C)c2C)CC1. The first-order valence-corrected chi connectivity index (χ1v) is 9.41. The molecule has 0 radical (unpaired) electrons. The van der Waals surface area contributed by atoms with Gasteiger partial charge in [0.25, 0.3) is 5.91 Å². The molecule has 1 aliphatic rings. The zero-order valence-corrected chi connectivity index (χ0v) is 16.6. The molecule has 0 bridgehead atoms. The number of rotatable bonds is 5. The standard InChI is InChI=1S/C22H28N2O3/c1-16-8-7-11-20(17(16)2)27-18(3)22(25)24-14-12-23(13-15-24)19-9-5-6-10-21(19)26-4/h5-11,18H,12-15H2,1-4H3/t18-/m1/s1. The number of anilines is 1. The van der Waals surface area contributed by atoms with Crippen molar-refractivity contribution < 1.29 is 14.3 Å². The number of hydrogen-bond acceptors (Lipinski definition) is 4. The fraction of sp³-hybridized carbons (Fsp3) is 0.409. The highest BCUT2D eigenvalue weighted by molar-refractivity contribution is 5.81. The van der Waals surface area contributed by atoms with E-state index < -0.39 is 6.10 Å². The summed E-state index contributed by atoms with van der Waals surface area (Å²) < 4.78 is 11.4. The Bertz CT molecular complexity index is 798. The molecule has 1 aliphatic heterocycles. The number of aryl methyl sites for hydroxylation is 1. The maximum absolute atomic E-state index is 12.8. The van der Waals surface area contributed by atoms with Crippen LogP contribution in [0.5, 0.6) is 11.5 Å². The summed E-state index contributed by atoms with van der Waals surface area (Å²) >= 11 is 0. The number of methoxy groups -OCH3 is 1. The van der Waals surface area contributed by atoms with E-state index in [9.17, 15) is 4.79 Å². The molecule has 0 aromatic heterocycles. The molecule has 1 heterocycles. The van der Waals surface area contributed by atoms with Gasteiger partial charge in [-0.25, -0.2) is 0 Å². The van der Waals surface area contributed by atoms with E-state index in [-0.39, 0.29) is 5.91 Å². The number of benzene rings is 2. The van der Waals surface area contributed by atoms with E-state index >= 15 is 0 Å². The highest BCUT2D eigenvalue weighted by Gasteiger charge is 2.27. The van der Waals surface area contributed by atoms with Crippen molar-refractivity contribution in [3.63, 3.8) is 0 Å². The van der Waals surface area contributed by atoms with Gasteiger partial charge in [-0.05, 0) is 50.1 Å². The lowest BCUT2D eigenvalue weighted by molar-refractivity contribution is -0.138. The molecular weight excluding hydrogens is 340 g/mol. The summed E-state index contributed by atoms with van der Waals surface area (Å²) in [6.45, 7) is 8.82. The van der Waals surface area contributed by atoms with Crippen LogP contribution in [0.4, 0.5) is 5.69 Å². The topological polar surface area (TPSA) is 42.0 Å². The third kappa shape index (κ3) is 4.18. The van der Waals surface area contributed by atoms with Gasteiger partial charge in [0.2, 0.25) is 0 Å². The van der Waals surface area contributed by atoms with Crippen molar-refractivity contribution in [3.8, 4) is 11.5 Å². The lowest BCUT2D eigenvalue weighted by atomic mass is 10.1. The van der Waals surface area contributed by atoms with E-state index in [1.165, 1.54) is 0 Å². The van der Waals surface area contributed by atoms with Crippen molar-refractivity contribution in [2.24, 2.45) is 0 Å². The van der Waals surface area contributed by atoms with Crippen molar-refractivity contribution in [2.75, 3.05) is 38.2 Å². The molecule has 0 saturated carbocycles. The average molecular weight is 368 g/mol. The van der Waals surface area contributed by atoms with Crippen LogP contribution < -0.4 is 14.4 Å². The van der Waals surface area contributed by atoms with Gasteiger partial charge < -0.3 is 19.3 Å². The predicted octanol–water partition coefficient (Wildman–Crippen LogP) is 3.43. The highest BCUT2D eigenvalue weighted by atomic mass is 16.5. The summed E-state index contributed by atoms with van der Waals surface area (Å²) in [5.74, 6) is 1.68. The summed E-state index contributed by atoms with van der Waals surface area (Å²) in [7, 11) is 1.69. The third-order valence-electron chi connectivity index (χ3n) is 5.22. The Morgan fingerprint density at radius 1 is 0.963 bits per heavy atom. The van der Waals surface area contributed by atoms with Crippen LogP contribution in [0.15, 0.2) is 42.5 Å². The number of carbonyl (C=O) groups excluding carboxylic acids is 1. The van der Waals surface area contributed by atoms with Crippen molar-refractivity contribution >= 4 is 11.6 Å². The molecule has 144 valence electrons. The minimum absolute atomic E-state index is 0.0376. The number of piperazine rings is 1. The van der Waals surface area contributed by atoms with Gasteiger partial charge in [-0.1, -0.05) is 24.3 Å². The van der Waals surface area contributed by atoms with Gasteiger partial charge >= 0.3 is 0 Å². The van der Waals surface area contributed by atoms with Crippen molar-refractivity contribution in [1.82, 2.24) is 4.90 Å². The third-order valence-corrected chi connectivity index (χ3v) is 5.22. The van der Waals surface area contributed by atoms with Gasteiger partial charge in [-0.15, -0.1) is 0 Å². The predicted molar refractivity (Wildman–Crippen MR) is 108 cm³/mol. The van der Waals surface area contributed by atoms with Gasteiger partial charge in [0.15, 0.2) is 6.10 Å². The molecule has 1 saturated heterocycles. The number of carbonyl (C=O) groups is 1. The molecule has 0 N–H and O–H groups in total. The van der Waals surface area contributed by atoms with Crippen molar-refractivity contribution in [1.29, 1.82) is 0 Å². The van der Waals surface area contributed by atoms with Gasteiger partial charge in [0.1, 0.15) is 11.5 Å². The summed E-state index contributed by atoms with van der Waals surface area (Å²) in [6.07, 6.45) is -0.497. The van der Waals surface area contributed by atoms with E-state index in [2.05, 4.69) is 11.0 Å². The van der Waals surface area contributed by atoms with E-state index in [0.29, 0.717) is 13.1 Å². The lowest BCUT2D eigenvalue weighted by Crippen LogP contribution is -2.52. The smallest absolute Gasteiger partial charge is 0.263 e. The Morgan fingerprint density at radius 3 is 2.33 bits per heavy atom. The largest absolute Gasteiger partial charge is 0.495 e. The molecule has 0 spiro atoms. The molecule has 2 aromatic carbocycles. The van der Waals surface area contributed by atoms with Crippen LogP contribution in [0.25, 0.3) is 0 Å². The van der Waals surface area contributed by atoms with Crippen LogP contribution >= 0.6 is 0 Å². The molecule has 0 aliphatic carbocycles. The molecule has 5 heteroatoms. The fourth-order valence-corrected chi connectivity index (χ4v) is 3.41. The first kappa shape index (κ1) is 19.1. The summed E-state index contributed by atoms with van der Waals surface area (Å²) in [4.78, 5) is 17.0. The number of para-hydroxylation sites is 2.